The van der Waals surface area contributed by atoms with Crippen molar-refractivity contribution in [3.05, 3.63) is 47.2 Å². The average molecular weight is 306 g/mol. The van der Waals surface area contributed by atoms with E-state index in [1.165, 1.54) is 12.1 Å². The largest absolute Gasteiger partial charge is 0.492 e. The molecule has 0 amide bonds. The summed E-state index contributed by atoms with van der Waals surface area (Å²) in [5.74, 6) is 0.400. The SMILES string of the molecule is CCOc1ccccc1-n1c(N)nc2cc(F)c(Cl)cc21. The lowest BCUT2D eigenvalue weighted by atomic mass is 10.2. The number of nitrogens with two attached hydrogens (primary N) is 1. The van der Waals surface area contributed by atoms with E-state index in [0.29, 0.717) is 23.4 Å². The van der Waals surface area contributed by atoms with Gasteiger partial charge in [-0.1, -0.05) is 23.7 Å². The minimum atomic E-state index is -0.521. The van der Waals surface area contributed by atoms with Gasteiger partial charge in [0, 0.05) is 6.07 Å². The van der Waals surface area contributed by atoms with Crippen LogP contribution in [0.2, 0.25) is 5.02 Å². The number of rotatable bonds is 3. The van der Waals surface area contributed by atoms with Gasteiger partial charge in [-0.15, -0.1) is 0 Å². The molecule has 1 aromatic heterocycles. The second-order valence-electron chi connectivity index (χ2n) is 4.46. The van der Waals surface area contributed by atoms with E-state index >= 15 is 0 Å². The maximum atomic E-state index is 13.5. The Hall–Kier alpha value is -2.27. The third-order valence-corrected chi connectivity index (χ3v) is 3.42. The van der Waals surface area contributed by atoms with Gasteiger partial charge in [0.15, 0.2) is 0 Å². The van der Waals surface area contributed by atoms with Crippen molar-refractivity contribution in [3.63, 3.8) is 0 Å². The summed E-state index contributed by atoms with van der Waals surface area (Å²) >= 11 is 5.87. The van der Waals surface area contributed by atoms with E-state index in [9.17, 15) is 4.39 Å². The topological polar surface area (TPSA) is 53.1 Å². The van der Waals surface area contributed by atoms with Gasteiger partial charge in [0.05, 0.1) is 28.4 Å². The fourth-order valence-corrected chi connectivity index (χ4v) is 2.42. The smallest absolute Gasteiger partial charge is 0.206 e. The molecule has 0 aliphatic rings. The number of anilines is 1. The van der Waals surface area contributed by atoms with Crippen molar-refractivity contribution < 1.29 is 9.13 Å². The molecule has 3 aromatic rings. The molecule has 2 N–H and O–H groups in total. The van der Waals surface area contributed by atoms with Crippen LogP contribution in [-0.2, 0) is 0 Å². The standard InChI is InChI=1S/C15H13ClFN3O/c1-2-21-14-6-4-3-5-12(14)20-13-7-9(16)10(17)8-11(13)19-15(20)18/h3-8H,2H2,1H3,(H2,18,19). The van der Waals surface area contributed by atoms with E-state index in [-0.39, 0.29) is 11.0 Å². The summed E-state index contributed by atoms with van der Waals surface area (Å²) in [5.41, 5.74) is 7.80. The number of fused-ring (bicyclic) bond motifs is 1. The molecule has 0 saturated heterocycles. The first-order valence-electron chi connectivity index (χ1n) is 6.47. The molecule has 108 valence electrons. The van der Waals surface area contributed by atoms with Gasteiger partial charge in [0.25, 0.3) is 0 Å². The third kappa shape index (κ3) is 2.29. The molecular weight excluding hydrogens is 293 g/mol. The molecule has 0 spiro atoms. The molecular formula is C15H13ClFN3O. The van der Waals surface area contributed by atoms with Gasteiger partial charge in [0.2, 0.25) is 5.95 Å². The maximum absolute atomic E-state index is 13.5. The first-order chi connectivity index (χ1) is 10.1. The highest BCUT2D eigenvalue weighted by Gasteiger charge is 2.15. The number of hydrogen-bond acceptors (Lipinski definition) is 3. The van der Waals surface area contributed by atoms with Crippen LogP contribution in [0.25, 0.3) is 16.7 Å². The molecule has 0 aliphatic carbocycles. The average Bonchev–Trinajstić information content (AvgIpc) is 2.76. The number of hydrogen-bond donors (Lipinski definition) is 1. The highest BCUT2D eigenvalue weighted by molar-refractivity contribution is 6.31. The zero-order chi connectivity index (χ0) is 15.0. The van der Waals surface area contributed by atoms with Crippen molar-refractivity contribution in [3.8, 4) is 11.4 Å². The molecule has 21 heavy (non-hydrogen) atoms. The van der Waals surface area contributed by atoms with E-state index in [1.807, 2.05) is 31.2 Å². The van der Waals surface area contributed by atoms with Gasteiger partial charge in [0.1, 0.15) is 11.6 Å². The Morgan fingerprint density at radius 2 is 2.10 bits per heavy atom. The predicted octanol–water partition coefficient (Wildman–Crippen LogP) is 3.80. The molecule has 2 aromatic carbocycles. The quantitative estimate of drug-likeness (QED) is 0.801. The minimum absolute atomic E-state index is 0.0255. The van der Waals surface area contributed by atoms with Gasteiger partial charge in [-0.2, -0.15) is 0 Å². The lowest BCUT2D eigenvalue weighted by molar-refractivity contribution is 0.339. The van der Waals surface area contributed by atoms with Crippen LogP contribution in [0, 0.1) is 5.82 Å². The fourth-order valence-electron chi connectivity index (χ4n) is 2.26. The summed E-state index contributed by atoms with van der Waals surface area (Å²) in [6.45, 7) is 2.43. The van der Waals surface area contributed by atoms with Gasteiger partial charge >= 0.3 is 0 Å². The first-order valence-corrected chi connectivity index (χ1v) is 6.84. The molecule has 0 bridgehead atoms. The van der Waals surface area contributed by atoms with Crippen LogP contribution in [0.15, 0.2) is 36.4 Å². The Balaban J connectivity index is 2.30. The molecule has 0 radical (unpaired) electrons. The summed E-state index contributed by atoms with van der Waals surface area (Å²) in [7, 11) is 0. The van der Waals surface area contributed by atoms with Crippen LogP contribution >= 0.6 is 11.6 Å². The number of imidazole rings is 1. The van der Waals surface area contributed by atoms with Crippen LogP contribution in [0.5, 0.6) is 5.75 Å². The Bertz CT molecular complexity index is 816. The van der Waals surface area contributed by atoms with Crippen molar-refractivity contribution in [2.75, 3.05) is 12.3 Å². The zero-order valence-electron chi connectivity index (χ0n) is 11.3. The summed E-state index contributed by atoms with van der Waals surface area (Å²) in [6, 6.07) is 10.2. The highest BCUT2D eigenvalue weighted by atomic mass is 35.5. The second kappa shape index (κ2) is 5.26. The van der Waals surface area contributed by atoms with Gasteiger partial charge in [-0.3, -0.25) is 4.57 Å². The number of ether oxygens (including phenoxy) is 1. The summed E-state index contributed by atoms with van der Waals surface area (Å²) in [6.07, 6.45) is 0. The van der Waals surface area contributed by atoms with Gasteiger partial charge in [-0.05, 0) is 25.1 Å². The molecule has 1 heterocycles. The number of halogens is 2. The van der Waals surface area contributed by atoms with E-state index < -0.39 is 5.82 Å². The molecule has 0 atom stereocenters. The zero-order valence-corrected chi connectivity index (χ0v) is 12.1. The van der Waals surface area contributed by atoms with Crippen LogP contribution in [0.4, 0.5) is 10.3 Å². The van der Waals surface area contributed by atoms with Crippen LogP contribution in [0.1, 0.15) is 6.92 Å². The third-order valence-electron chi connectivity index (χ3n) is 3.13. The van der Waals surface area contributed by atoms with Crippen molar-refractivity contribution in [2.24, 2.45) is 0 Å². The van der Waals surface area contributed by atoms with E-state index in [2.05, 4.69) is 4.98 Å². The molecule has 3 rings (SSSR count). The number of nitrogen functional groups attached to an aromatic ring is 1. The maximum Gasteiger partial charge on any atom is 0.206 e. The first kappa shape index (κ1) is 13.7. The summed E-state index contributed by atoms with van der Waals surface area (Å²) < 4.78 is 20.9. The van der Waals surface area contributed by atoms with Crippen molar-refractivity contribution in [1.29, 1.82) is 0 Å². The van der Waals surface area contributed by atoms with Gasteiger partial charge in [-0.25, -0.2) is 9.37 Å². The molecule has 0 saturated carbocycles. The lowest BCUT2D eigenvalue weighted by Gasteiger charge is -2.12. The number of benzene rings is 2. The summed E-state index contributed by atoms with van der Waals surface area (Å²) in [5, 5.41) is 0.0255. The summed E-state index contributed by atoms with van der Waals surface area (Å²) in [4.78, 5) is 4.18. The molecule has 0 fully saturated rings. The molecule has 0 aliphatic heterocycles. The number of para-hydroxylation sites is 2. The number of nitrogens with zero attached hydrogens (tertiary/aromatic N) is 2. The van der Waals surface area contributed by atoms with Crippen molar-refractivity contribution in [1.82, 2.24) is 9.55 Å². The fraction of sp³-hybridized carbons (Fsp3) is 0.133. The van der Waals surface area contributed by atoms with Crippen molar-refractivity contribution >= 4 is 28.6 Å². The second-order valence-corrected chi connectivity index (χ2v) is 4.87. The van der Waals surface area contributed by atoms with Crippen LogP contribution < -0.4 is 10.5 Å². The lowest BCUT2D eigenvalue weighted by Crippen LogP contribution is -2.04. The van der Waals surface area contributed by atoms with Crippen molar-refractivity contribution in [2.45, 2.75) is 6.92 Å². The molecule has 6 heteroatoms. The Kier molecular flexibility index (Phi) is 3.43. The monoisotopic (exact) mass is 305 g/mol. The molecule has 0 unspecified atom stereocenters. The minimum Gasteiger partial charge on any atom is -0.492 e. The van der Waals surface area contributed by atoms with E-state index in [4.69, 9.17) is 22.1 Å². The van der Waals surface area contributed by atoms with E-state index in [1.54, 1.807) is 4.57 Å². The normalized spacial score (nSPS) is 11.0. The Morgan fingerprint density at radius 1 is 1.33 bits per heavy atom. The number of aromatic nitrogens is 2. The Morgan fingerprint density at radius 3 is 2.86 bits per heavy atom. The Labute approximate surface area is 125 Å². The van der Waals surface area contributed by atoms with Gasteiger partial charge < -0.3 is 10.5 Å². The van der Waals surface area contributed by atoms with Crippen LogP contribution in [-0.4, -0.2) is 16.2 Å². The molecule has 4 nitrogen and oxygen atoms in total. The van der Waals surface area contributed by atoms with Crippen LogP contribution in [0.3, 0.4) is 0 Å². The highest BCUT2D eigenvalue weighted by Crippen LogP contribution is 2.31. The predicted molar refractivity (Wildman–Crippen MR) is 81.6 cm³/mol. The van der Waals surface area contributed by atoms with E-state index in [0.717, 1.165) is 5.69 Å².